The second-order valence-electron chi connectivity index (χ2n) is 0.946. The van der Waals surface area contributed by atoms with Crippen molar-refractivity contribution in [1.29, 1.82) is 5.26 Å². The van der Waals surface area contributed by atoms with Gasteiger partial charge in [0.1, 0.15) is 10.4 Å². The van der Waals surface area contributed by atoms with Gasteiger partial charge in [-0.05, 0) is 0 Å². The van der Waals surface area contributed by atoms with Crippen LogP contribution in [0, 0.1) is 16.9 Å². The first-order valence-corrected chi connectivity index (χ1v) is 2.60. The van der Waals surface area contributed by atoms with Crippen LogP contribution in [0.3, 0.4) is 0 Å². The van der Waals surface area contributed by atoms with Gasteiger partial charge in [0, 0.05) is 11.8 Å². The van der Waals surface area contributed by atoms with Gasteiger partial charge < -0.3 is 0 Å². The third-order valence-corrected chi connectivity index (χ3v) is 0.979. The Morgan fingerprint density at radius 3 is 3.25 bits per heavy atom. The Kier molecular flexibility index (Phi) is 1.49. The second kappa shape index (κ2) is 2.33. The molecule has 5 heteroatoms. The Morgan fingerprint density at radius 2 is 2.75 bits per heavy atom. The molecule has 0 saturated carbocycles. The highest BCUT2D eigenvalue weighted by Crippen LogP contribution is 2.07. The summed E-state index contributed by atoms with van der Waals surface area (Å²) in [6.45, 7) is 0. The molecule has 39 valence electrons. The summed E-state index contributed by atoms with van der Waals surface area (Å²) >= 11 is 0.951. The average molecular weight is 125 g/mol. The van der Waals surface area contributed by atoms with Crippen molar-refractivity contribution in [3.05, 3.63) is 6.20 Å². The Hall–Kier alpha value is -1.02. The number of nitrogens with one attached hydrogen (secondary N) is 1. The smallest absolute Gasteiger partial charge is 0.150 e. The molecule has 4 nitrogen and oxygen atoms in total. The van der Waals surface area contributed by atoms with E-state index < -0.39 is 0 Å². The zero-order valence-corrected chi connectivity index (χ0v) is 4.57. The fraction of sp³-hybridized carbons (Fsp3) is 0. The molecule has 0 aromatic carbocycles. The van der Waals surface area contributed by atoms with Crippen LogP contribution in [0.2, 0.25) is 0 Å². The number of rotatable bonds is 1. The van der Waals surface area contributed by atoms with Crippen molar-refractivity contribution >= 4 is 11.8 Å². The first kappa shape index (κ1) is 5.12. The Labute approximate surface area is 49.9 Å². The summed E-state index contributed by atoms with van der Waals surface area (Å²) in [4.78, 5) is 0. The van der Waals surface area contributed by atoms with Crippen molar-refractivity contribution in [2.75, 3.05) is 0 Å². The number of thioether (sulfide) groups is 1. The molecule has 0 spiro atoms. The molecule has 0 bridgehead atoms. The molecule has 0 aliphatic rings. The number of hydrogen-bond donors (Lipinski definition) is 1. The molecule has 0 unspecified atom stereocenters. The van der Waals surface area contributed by atoms with Gasteiger partial charge in [0.05, 0.1) is 0 Å². The normalized spacial score (nSPS) is 8.38. The number of hydrogen-bond acceptors (Lipinski definition) is 4. The molecule has 1 radical (unpaired) electrons. The van der Waals surface area contributed by atoms with Gasteiger partial charge in [-0.25, -0.2) is 5.10 Å². The minimum atomic E-state index is 0.549. The van der Waals surface area contributed by atoms with Crippen LogP contribution in [0.1, 0.15) is 0 Å². The maximum atomic E-state index is 8.06. The van der Waals surface area contributed by atoms with Crippen molar-refractivity contribution in [2.45, 2.75) is 5.03 Å². The molecular weight excluding hydrogens is 124 g/mol. The van der Waals surface area contributed by atoms with E-state index >= 15 is 0 Å². The fourth-order valence-electron chi connectivity index (χ4n) is 0.257. The standard InChI is InChI=1S/C3HN4S/c4-2-8-3-1-5-7-6-3/h(H,5,6,7). The third-order valence-electron chi connectivity index (χ3n) is 0.501. The lowest BCUT2D eigenvalue weighted by molar-refractivity contribution is 0.911. The number of thiocyanates is 1. The highest BCUT2D eigenvalue weighted by molar-refractivity contribution is 8.03. The molecular formula is C3HN4S. The molecule has 8 heavy (non-hydrogen) atoms. The van der Waals surface area contributed by atoms with Crippen LogP contribution in [0.5, 0.6) is 0 Å². The van der Waals surface area contributed by atoms with E-state index in [1.54, 1.807) is 0 Å². The van der Waals surface area contributed by atoms with Crippen molar-refractivity contribution in [2.24, 2.45) is 0 Å². The zero-order chi connectivity index (χ0) is 5.82. The summed E-state index contributed by atoms with van der Waals surface area (Å²) in [5.41, 5.74) is 0. The monoisotopic (exact) mass is 125 g/mol. The lowest BCUT2D eigenvalue weighted by Gasteiger charge is -1.73. The van der Waals surface area contributed by atoms with E-state index in [-0.39, 0.29) is 0 Å². The van der Waals surface area contributed by atoms with Gasteiger partial charge in [-0.3, -0.25) is 0 Å². The largest absolute Gasteiger partial charge is 0.250 e. The molecule has 1 aromatic heterocycles. The summed E-state index contributed by atoms with van der Waals surface area (Å²) in [5.74, 6) is 0. The minimum Gasteiger partial charge on any atom is -0.250 e. The molecule has 1 aromatic rings. The highest BCUT2D eigenvalue weighted by atomic mass is 32.2. The number of nitrogens with zero attached hydrogens (tertiary/aromatic N) is 3. The minimum absolute atomic E-state index is 0.549. The van der Waals surface area contributed by atoms with Crippen LogP contribution < -0.4 is 0 Å². The Bertz CT molecular complexity index is 186. The van der Waals surface area contributed by atoms with E-state index in [1.807, 2.05) is 5.40 Å². The summed E-state index contributed by atoms with van der Waals surface area (Å²) in [6, 6.07) is 0. The lowest BCUT2D eigenvalue weighted by atomic mass is 11.0. The van der Waals surface area contributed by atoms with Gasteiger partial charge in [-0.2, -0.15) is 5.26 Å². The molecule has 0 saturated heterocycles. The van der Waals surface area contributed by atoms with Crippen molar-refractivity contribution < 1.29 is 0 Å². The van der Waals surface area contributed by atoms with E-state index in [9.17, 15) is 0 Å². The van der Waals surface area contributed by atoms with Crippen LogP contribution in [-0.2, 0) is 0 Å². The molecule has 1 N–H and O–H groups in total. The topological polar surface area (TPSA) is 65.4 Å². The SMILES string of the molecule is N#CSc1[c]nn[nH]1. The van der Waals surface area contributed by atoms with E-state index in [0.717, 1.165) is 11.8 Å². The van der Waals surface area contributed by atoms with Crippen LogP contribution in [0.25, 0.3) is 0 Å². The molecule has 0 aliphatic heterocycles. The lowest BCUT2D eigenvalue weighted by Crippen LogP contribution is -1.66. The van der Waals surface area contributed by atoms with Gasteiger partial charge in [0.2, 0.25) is 0 Å². The summed E-state index contributed by atoms with van der Waals surface area (Å²) < 4.78 is 0. The fourth-order valence-corrected chi connectivity index (χ4v) is 0.521. The first-order chi connectivity index (χ1) is 3.93. The molecule has 0 fully saturated rings. The third kappa shape index (κ3) is 0.978. The van der Waals surface area contributed by atoms with E-state index in [4.69, 9.17) is 5.26 Å². The van der Waals surface area contributed by atoms with Crippen molar-refractivity contribution in [1.82, 2.24) is 15.4 Å². The molecule has 0 amide bonds. The van der Waals surface area contributed by atoms with Gasteiger partial charge in [0.25, 0.3) is 0 Å². The number of aromatic nitrogens is 3. The van der Waals surface area contributed by atoms with Gasteiger partial charge >= 0.3 is 0 Å². The van der Waals surface area contributed by atoms with Crippen LogP contribution in [-0.4, -0.2) is 15.4 Å². The maximum absolute atomic E-state index is 8.06. The van der Waals surface area contributed by atoms with Crippen LogP contribution in [0.4, 0.5) is 0 Å². The number of H-pyrrole nitrogens is 1. The summed E-state index contributed by atoms with van der Waals surface area (Å²) in [7, 11) is 0. The average Bonchev–Trinajstić information content (AvgIpc) is 2.19. The molecule has 0 aliphatic carbocycles. The van der Waals surface area contributed by atoms with E-state index in [0.29, 0.717) is 5.03 Å². The summed E-state index contributed by atoms with van der Waals surface area (Å²) in [6.07, 6.45) is 2.46. The highest BCUT2D eigenvalue weighted by Gasteiger charge is 1.91. The van der Waals surface area contributed by atoms with Crippen molar-refractivity contribution in [3.63, 3.8) is 0 Å². The summed E-state index contributed by atoms with van der Waals surface area (Å²) in [5, 5.41) is 19.6. The molecule has 1 rings (SSSR count). The van der Waals surface area contributed by atoms with Gasteiger partial charge in [0.15, 0.2) is 6.20 Å². The zero-order valence-electron chi connectivity index (χ0n) is 3.75. The van der Waals surface area contributed by atoms with Gasteiger partial charge in [-0.1, -0.05) is 5.21 Å². The van der Waals surface area contributed by atoms with Crippen LogP contribution in [0.15, 0.2) is 5.03 Å². The second-order valence-corrected chi connectivity index (χ2v) is 1.74. The molecule has 0 atom stereocenters. The van der Waals surface area contributed by atoms with Crippen LogP contribution >= 0.6 is 11.8 Å². The number of aromatic amines is 1. The number of nitriles is 1. The van der Waals surface area contributed by atoms with E-state index in [2.05, 4.69) is 21.6 Å². The van der Waals surface area contributed by atoms with Crippen molar-refractivity contribution in [3.8, 4) is 5.40 Å². The van der Waals surface area contributed by atoms with E-state index in [1.165, 1.54) is 0 Å². The maximum Gasteiger partial charge on any atom is 0.150 e. The van der Waals surface area contributed by atoms with Gasteiger partial charge in [-0.15, -0.1) is 5.10 Å². The first-order valence-electron chi connectivity index (χ1n) is 1.78. The Morgan fingerprint density at radius 1 is 1.88 bits per heavy atom. The predicted molar refractivity (Wildman–Crippen MR) is 26.7 cm³/mol. The quantitative estimate of drug-likeness (QED) is 0.429. The Balaban J connectivity index is 2.67. The molecule has 1 heterocycles. The predicted octanol–water partition coefficient (Wildman–Crippen LogP) is 0.178.